The fourth-order valence-electron chi connectivity index (χ4n) is 2.11. The summed E-state index contributed by atoms with van der Waals surface area (Å²) in [6.07, 6.45) is 0.564. The predicted molar refractivity (Wildman–Crippen MR) is 82.9 cm³/mol. The highest BCUT2D eigenvalue weighted by Crippen LogP contribution is 2.07. The van der Waals surface area contributed by atoms with E-state index in [1.165, 1.54) is 0 Å². The highest BCUT2D eigenvalue weighted by Gasteiger charge is 2.15. The number of benzene rings is 1. The number of carbonyl (C=O) groups excluding carboxylic acids is 1. The van der Waals surface area contributed by atoms with Gasteiger partial charge in [-0.25, -0.2) is 4.79 Å². The molecule has 0 fully saturated rings. The Morgan fingerprint density at radius 2 is 2.05 bits per heavy atom. The normalized spacial score (nSPS) is 12.2. The Kier molecular flexibility index (Phi) is 7.79. The summed E-state index contributed by atoms with van der Waals surface area (Å²) in [4.78, 5) is 11.9. The van der Waals surface area contributed by atoms with Crippen LogP contribution in [0.5, 0.6) is 0 Å². The molecule has 0 radical (unpaired) electrons. The third-order valence-corrected chi connectivity index (χ3v) is 3.32. The second-order valence-electron chi connectivity index (χ2n) is 5.44. The number of nitrogens with one attached hydrogen (secondary N) is 2. The summed E-state index contributed by atoms with van der Waals surface area (Å²) in [6, 6.07) is 7.69. The van der Waals surface area contributed by atoms with E-state index in [2.05, 4.69) is 10.6 Å². The van der Waals surface area contributed by atoms with Gasteiger partial charge < -0.3 is 20.5 Å². The number of urea groups is 1. The molecule has 5 nitrogen and oxygen atoms in total. The van der Waals surface area contributed by atoms with Crippen molar-refractivity contribution < 1.29 is 14.6 Å². The van der Waals surface area contributed by atoms with Crippen LogP contribution in [0.15, 0.2) is 24.3 Å². The number of carbonyl (C=O) groups is 1. The maximum atomic E-state index is 11.9. The summed E-state index contributed by atoms with van der Waals surface area (Å²) in [6.45, 7) is 5.14. The summed E-state index contributed by atoms with van der Waals surface area (Å²) >= 11 is 0. The summed E-state index contributed by atoms with van der Waals surface area (Å²) < 4.78 is 5.09. The number of aliphatic hydroxyl groups is 1. The van der Waals surface area contributed by atoms with Crippen molar-refractivity contribution in [2.24, 2.45) is 5.92 Å². The average molecular weight is 294 g/mol. The molecule has 0 aliphatic heterocycles. The van der Waals surface area contributed by atoms with E-state index in [1.54, 1.807) is 7.11 Å². The zero-order valence-electron chi connectivity index (χ0n) is 13.1. The molecule has 3 N–H and O–H groups in total. The van der Waals surface area contributed by atoms with E-state index in [-0.39, 0.29) is 24.6 Å². The van der Waals surface area contributed by atoms with Crippen LogP contribution in [-0.4, -0.2) is 30.9 Å². The molecule has 0 heterocycles. The van der Waals surface area contributed by atoms with Crippen molar-refractivity contribution in [2.45, 2.75) is 39.5 Å². The van der Waals surface area contributed by atoms with E-state index < -0.39 is 0 Å². The number of amides is 2. The quantitative estimate of drug-likeness (QED) is 0.687. The van der Waals surface area contributed by atoms with Gasteiger partial charge in [0.15, 0.2) is 0 Å². The second-order valence-corrected chi connectivity index (χ2v) is 5.44. The Morgan fingerprint density at radius 3 is 2.67 bits per heavy atom. The van der Waals surface area contributed by atoms with Crippen molar-refractivity contribution >= 4 is 6.03 Å². The van der Waals surface area contributed by atoms with Gasteiger partial charge in [-0.3, -0.25) is 0 Å². The molecular formula is C16H26N2O3. The molecule has 0 aliphatic carbocycles. The summed E-state index contributed by atoms with van der Waals surface area (Å²) in [7, 11) is 1.66. The van der Waals surface area contributed by atoms with Crippen molar-refractivity contribution in [3.8, 4) is 0 Å². The van der Waals surface area contributed by atoms with Crippen molar-refractivity contribution in [3.05, 3.63) is 35.4 Å². The van der Waals surface area contributed by atoms with Gasteiger partial charge in [-0.2, -0.15) is 0 Å². The maximum absolute atomic E-state index is 11.9. The molecule has 1 aromatic rings. The fraction of sp³-hybridized carbons (Fsp3) is 0.562. The SMILES string of the molecule is COCc1cccc(CNC(=O)NC(CCO)C(C)C)c1. The molecule has 0 aromatic heterocycles. The zero-order valence-corrected chi connectivity index (χ0v) is 13.1. The number of aliphatic hydroxyl groups excluding tert-OH is 1. The van der Waals surface area contributed by atoms with Gasteiger partial charge >= 0.3 is 6.03 Å². The van der Waals surface area contributed by atoms with Crippen LogP contribution >= 0.6 is 0 Å². The van der Waals surface area contributed by atoms with Crippen LogP contribution in [0.2, 0.25) is 0 Å². The number of hydrogen-bond acceptors (Lipinski definition) is 3. The molecule has 1 rings (SSSR count). The zero-order chi connectivity index (χ0) is 15.7. The number of hydrogen-bond donors (Lipinski definition) is 3. The van der Waals surface area contributed by atoms with Crippen molar-refractivity contribution in [2.75, 3.05) is 13.7 Å². The Labute approximate surface area is 126 Å². The van der Waals surface area contributed by atoms with Gasteiger partial charge in [0.1, 0.15) is 0 Å². The van der Waals surface area contributed by atoms with Crippen LogP contribution in [0.3, 0.4) is 0 Å². The molecule has 5 heteroatoms. The first-order valence-corrected chi connectivity index (χ1v) is 7.28. The molecule has 0 aliphatic rings. The molecule has 0 saturated carbocycles. The number of rotatable bonds is 8. The lowest BCUT2D eigenvalue weighted by atomic mass is 10.0. The number of ether oxygens (including phenoxy) is 1. The Hall–Kier alpha value is -1.59. The monoisotopic (exact) mass is 294 g/mol. The third-order valence-electron chi connectivity index (χ3n) is 3.32. The smallest absolute Gasteiger partial charge is 0.315 e. The van der Waals surface area contributed by atoms with Gasteiger partial charge in [-0.1, -0.05) is 38.1 Å². The van der Waals surface area contributed by atoms with Crippen molar-refractivity contribution in [1.82, 2.24) is 10.6 Å². The molecular weight excluding hydrogens is 268 g/mol. The Bertz CT molecular complexity index is 435. The van der Waals surface area contributed by atoms with Crippen LogP contribution in [0.4, 0.5) is 4.79 Å². The highest BCUT2D eigenvalue weighted by molar-refractivity contribution is 5.74. The van der Waals surface area contributed by atoms with E-state index in [1.807, 2.05) is 38.1 Å². The van der Waals surface area contributed by atoms with E-state index in [9.17, 15) is 4.79 Å². The van der Waals surface area contributed by atoms with E-state index >= 15 is 0 Å². The maximum Gasteiger partial charge on any atom is 0.315 e. The van der Waals surface area contributed by atoms with Crippen molar-refractivity contribution in [1.29, 1.82) is 0 Å². The largest absolute Gasteiger partial charge is 0.396 e. The number of methoxy groups -OCH3 is 1. The second kappa shape index (κ2) is 9.37. The fourth-order valence-corrected chi connectivity index (χ4v) is 2.11. The molecule has 21 heavy (non-hydrogen) atoms. The van der Waals surface area contributed by atoms with E-state index in [4.69, 9.17) is 9.84 Å². The minimum absolute atomic E-state index is 0.0187. The average Bonchev–Trinajstić information content (AvgIpc) is 2.45. The molecule has 2 amide bonds. The first-order chi connectivity index (χ1) is 10.1. The van der Waals surface area contributed by atoms with Gasteiger partial charge in [0.05, 0.1) is 6.61 Å². The lowest BCUT2D eigenvalue weighted by Gasteiger charge is -2.21. The van der Waals surface area contributed by atoms with Crippen LogP contribution in [0.25, 0.3) is 0 Å². The molecule has 0 bridgehead atoms. The van der Waals surface area contributed by atoms with Crippen LogP contribution in [0, 0.1) is 5.92 Å². The molecule has 1 unspecified atom stereocenters. The Balaban J connectivity index is 2.46. The molecule has 0 saturated heterocycles. The standard InChI is InChI=1S/C16H26N2O3/c1-12(2)15(7-8-19)18-16(20)17-10-13-5-4-6-14(9-13)11-21-3/h4-6,9,12,15,19H,7-8,10-11H2,1-3H3,(H2,17,18,20). The topological polar surface area (TPSA) is 70.6 Å². The molecule has 1 aromatic carbocycles. The first kappa shape index (κ1) is 17.5. The van der Waals surface area contributed by atoms with Crippen molar-refractivity contribution in [3.63, 3.8) is 0 Å². The minimum Gasteiger partial charge on any atom is -0.396 e. The summed E-state index contributed by atoms with van der Waals surface area (Å²) in [5, 5.41) is 14.7. The third kappa shape index (κ3) is 6.60. The molecule has 1 atom stereocenters. The van der Waals surface area contributed by atoms with Crippen LogP contribution < -0.4 is 10.6 Å². The van der Waals surface area contributed by atoms with E-state index in [0.29, 0.717) is 19.6 Å². The first-order valence-electron chi connectivity index (χ1n) is 7.28. The van der Waals surface area contributed by atoms with E-state index in [0.717, 1.165) is 11.1 Å². The Morgan fingerprint density at radius 1 is 1.33 bits per heavy atom. The van der Waals surface area contributed by atoms with Gasteiger partial charge in [0.25, 0.3) is 0 Å². The minimum atomic E-state index is -0.209. The predicted octanol–water partition coefficient (Wildman–Crippen LogP) is 2.04. The summed E-state index contributed by atoms with van der Waals surface area (Å²) in [5.74, 6) is 0.285. The van der Waals surface area contributed by atoms with Gasteiger partial charge in [0, 0.05) is 26.3 Å². The highest BCUT2D eigenvalue weighted by atomic mass is 16.5. The lowest BCUT2D eigenvalue weighted by molar-refractivity contribution is 0.185. The molecule has 0 spiro atoms. The molecule has 118 valence electrons. The van der Waals surface area contributed by atoms with Crippen LogP contribution in [0.1, 0.15) is 31.4 Å². The van der Waals surface area contributed by atoms with Gasteiger partial charge in [-0.15, -0.1) is 0 Å². The van der Waals surface area contributed by atoms with Crippen LogP contribution in [-0.2, 0) is 17.9 Å². The van der Waals surface area contributed by atoms with Gasteiger partial charge in [0.2, 0.25) is 0 Å². The lowest BCUT2D eigenvalue weighted by Crippen LogP contribution is -2.44. The van der Waals surface area contributed by atoms with Gasteiger partial charge in [-0.05, 0) is 23.5 Å². The summed E-state index contributed by atoms with van der Waals surface area (Å²) in [5.41, 5.74) is 2.11.